The third-order valence-electron chi connectivity index (χ3n) is 7.51. The van der Waals surface area contributed by atoms with E-state index in [0.717, 1.165) is 62.8 Å². The molecule has 5 rings (SSSR count). The highest BCUT2D eigenvalue weighted by Gasteiger charge is 2.44. The van der Waals surface area contributed by atoms with E-state index in [4.69, 9.17) is 11.6 Å². The van der Waals surface area contributed by atoms with Crippen LogP contribution < -0.4 is 4.90 Å². The summed E-state index contributed by atoms with van der Waals surface area (Å²) in [6.07, 6.45) is 5.75. The van der Waals surface area contributed by atoms with Crippen molar-refractivity contribution in [2.24, 2.45) is 0 Å². The maximum atomic E-state index is 13.2. The number of benzene rings is 1. The summed E-state index contributed by atoms with van der Waals surface area (Å²) in [4.78, 5) is 20.1. The van der Waals surface area contributed by atoms with Gasteiger partial charge < -0.3 is 14.4 Å². The van der Waals surface area contributed by atoms with Crippen LogP contribution in [0.1, 0.15) is 48.2 Å². The molecule has 3 aliphatic heterocycles. The zero-order valence-electron chi connectivity index (χ0n) is 17.8. The molecule has 0 saturated carbocycles. The summed E-state index contributed by atoms with van der Waals surface area (Å²) in [5, 5.41) is 0.824. The monoisotopic (exact) mass is 426 g/mol. The molecule has 0 N–H and O–H groups in total. The molecule has 6 heteroatoms. The van der Waals surface area contributed by atoms with Crippen molar-refractivity contribution in [3.05, 3.63) is 52.8 Å². The van der Waals surface area contributed by atoms with Crippen LogP contribution in [0.2, 0.25) is 5.15 Å². The largest absolute Gasteiger partial charge is 0.372 e. The first kappa shape index (κ1) is 20.0. The Bertz CT molecular complexity index is 908. The minimum Gasteiger partial charge on any atom is -0.372 e. The van der Waals surface area contributed by atoms with Crippen molar-refractivity contribution < 1.29 is 4.79 Å². The minimum absolute atomic E-state index is 0.0136. The molecule has 4 heterocycles. The second-order valence-electron chi connectivity index (χ2n) is 9.03. The van der Waals surface area contributed by atoms with Crippen LogP contribution in [0.25, 0.3) is 0 Å². The van der Waals surface area contributed by atoms with Crippen LogP contribution in [0.5, 0.6) is 0 Å². The van der Waals surface area contributed by atoms with Gasteiger partial charge in [-0.2, -0.15) is 0 Å². The summed E-state index contributed by atoms with van der Waals surface area (Å²) < 4.78 is 2.25. The Labute approximate surface area is 184 Å². The average molecular weight is 427 g/mol. The molecule has 1 amide bonds. The van der Waals surface area contributed by atoms with Gasteiger partial charge in [0.2, 0.25) is 0 Å². The number of hydrogen-bond donors (Lipinski definition) is 0. The number of hydrogen-bond acceptors (Lipinski definition) is 3. The van der Waals surface area contributed by atoms with E-state index in [-0.39, 0.29) is 11.4 Å². The van der Waals surface area contributed by atoms with Crippen LogP contribution in [-0.2, 0) is 12.1 Å². The maximum absolute atomic E-state index is 13.2. The van der Waals surface area contributed by atoms with Gasteiger partial charge in [-0.15, -0.1) is 0 Å². The maximum Gasteiger partial charge on any atom is 0.253 e. The first-order valence-corrected chi connectivity index (χ1v) is 11.7. The van der Waals surface area contributed by atoms with Crippen LogP contribution in [-0.4, -0.2) is 60.0 Å². The summed E-state index contributed by atoms with van der Waals surface area (Å²) in [6, 6.07) is 12.4. The second kappa shape index (κ2) is 7.93. The standard InChI is InChI=1S/C24H31ClN4O/c1-26-17-18-29-21(9-10-22(29)25)24(26)11-15-28(16-12-24)23(30)19-5-7-20(8-6-19)27-13-3-2-4-14-27/h5-10H,2-4,11-18H2,1H3. The second-order valence-corrected chi connectivity index (χ2v) is 9.42. The number of fused-ring (bicyclic) bond motifs is 2. The Morgan fingerprint density at radius 2 is 1.57 bits per heavy atom. The fourth-order valence-corrected chi connectivity index (χ4v) is 5.84. The average Bonchev–Trinajstić information content (AvgIpc) is 3.19. The van der Waals surface area contributed by atoms with Gasteiger partial charge in [0.15, 0.2) is 0 Å². The number of anilines is 1. The predicted octanol–water partition coefficient (Wildman–Crippen LogP) is 4.21. The Morgan fingerprint density at radius 3 is 2.27 bits per heavy atom. The van der Waals surface area contributed by atoms with Gasteiger partial charge in [0.25, 0.3) is 5.91 Å². The summed E-state index contributed by atoms with van der Waals surface area (Å²) in [5.41, 5.74) is 3.33. The van der Waals surface area contributed by atoms with Gasteiger partial charge in [0.1, 0.15) is 5.15 Å². The van der Waals surface area contributed by atoms with Gasteiger partial charge in [-0.3, -0.25) is 9.69 Å². The molecule has 1 spiro atoms. The summed E-state index contributed by atoms with van der Waals surface area (Å²) in [5.74, 6) is 0.155. The van der Waals surface area contributed by atoms with Crippen LogP contribution in [0, 0.1) is 0 Å². The van der Waals surface area contributed by atoms with Crippen molar-refractivity contribution in [1.82, 2.24) is 14.4 Å². The lowest BCUT2D eigenvalue weighted by Gasteiger charge is -2.50. The van der Waals surface area contributed by atoms with E-state index in [9.17, 15) is 4.79 Å². The lowest BCUT2D eigenvalue weighted by atomic mass is 9.81. The Morgan fingerprint density at radius 1 is 0.867 bits per heavy atom. The minimum atomic E-state index is -0.0136. The summed E-state index contributed by atoms with van der Waals surface area (Å²) in [7, 11) is 2.21. The molecule has 0 radical (unpaired) electrons. The van der Waals surface area contributed by atoms with Crippen molar-refractivity contribution in [3.8, 4) is 0 Å². The summed E-state index contributed by atoms with van der Waals surface area (Å²) in [6.45, 7) is 5.74. The number of carbonyl (C=O) groups is 1. The van der Waals surface area contributed by atoms with Gasteiger partial charge in [-0.25, -0.2) is 0 Å². The molecule has 0 aliphatic carbocycles. The van der Waals surface area contributed by atoms with Gasteiger partial charge >= 0.3 is 0 Å². The van der Waals surface area contributed by atoms with Gasteiger partial charge in [0.05, 0.1) is 5.54 Å². The first-order chi connectivity index (χ1) is 14.6. The van der Waals surface area contributed by atoms with E-state index < -0.39 is 0 Å². The van der Waals surface area contributed by atoms with Gasteiger partial charge in [-0.05, 0) is 75.5 Å². The molecule has 2 saturated heterocycles. The van der Waals surface area contributed by atoms with Gasteiger partial charge in [0, 0.05) is 56.2 Å². The summed E-state index contributed by atoms with van der Waals surface area (Å²) >= 11 is 6.41. The fourth-order valence-electron chi connectivity index (χ4n) is 5.60. The van der Waals surface area contributed by atoms with Crippen molar-refractivity contribution in [2.45, 2.75) is 44.2 Å². The van der Waals surface area contributed by atoms with Gasteiger partial charge in [-0.1, -0.05) is 11.6 Å². The number of nitrogens with zero attached hydrogens (tertiary/aromatic N) is 4. The van der Waals surface area contributed by atoms with Crippen molar-refractivity contribution in [3.63, 3.8) is 0 Å². The quantitative estimate of drug-likeness (QED) is 0.720. The fraction of sp³-hybridized carbons (Fsp3) is 0.542. The van der Waals surface area contributed by atoms with E-state index in [0.29, 0.717) is 0 Å². The zero-order valence-corrected chi connectivity index (χ0v) is 18.6. The molecule has 1 aromatic carbocycles. The van der Waals surface area contributed by atoms with E-state index in [1.54, 1.807) is 0 Å². The normalized spacial score (nSPS) is 21.7. The Hall–Kier alpha value is -1.98. The molecule has 3 aliphatic rings. The molecule has 1 aromatic heterocycles. The van der Waals surface area contributed by atoms with Crippen molar-refractivity contribution >= 4 is 23.2 Å². The molecule has 0 bridgehead atoms. The predicted molar refractivity (Wildman–Crippen MR) is 121 cm³/mol. The molecular weight excluding hydrogens is 396 g/mol. The van der Waals surface area contributed by atoms with Crippen LogP contribution in [0.3, 0.4) is 0 Å². The molecule has 2 aromatic rings. The Kier molecular flexibility index (Phi) is 5.28. The number of piperidine rings is 2. The third-order valence-corrected chi connectivity index (χ3v) is 7.84. The van der Waals surface area contributed by atoms with Crippen LogP contribution >= 0.6 is 11.6 Å². The molecule has 2 fully saturated rings. The van der Waals surface area contributed by atoms with Crippen molar-refractivity contribution in [2.75, 3.05) is 44.7 Å². The third kappa shape index (κ3) is 3.32. The molecule has 160 valence electrons. The molecule has 0 unspecified atom stereocenters. The Balaban J connectivity index is 1.28. The van der Waals surface area contributed by atoms with E-state index >= 15 is 0 Å². The molecule has 0 atom stereocenters. The lowest BCUT2D eigenvalue weighted by Crippen LogP contribution is -2.56. The van der Waals surface area contributed by atoms with Crippen LogP contribution in [0.15, 0.2) is 36.4 Å². The number of likely N-dealkylation sites (N-methyl/N-ethyl adjacent to an activating group) is 1. The zero-order chi connectivity index (χ0) is 20.7. The molecule has 30 heavy (non-hydrogen) atoms. The number of carbonyl (C=O) groups excluding carboxylic acids is 1. The van der Waals surface area contributed by atoms with Crippen molar-refractivity contribution in [1.29, 1.82) is 0 Å². The first-order valence-electron chi connectivity index (χ1n) is 11.3. The number of likely N-dealkylation sites (tertiary alicyclic amines) is 1. The highest BCUT2D eigenvalue weighted by molar-refractivity contribution is 6.29. The number of halogens is 1. The lowest BCUT2D eigenvalue weighted by molar-refractivity contribution is 0.0132. The van der Waals surface area contributed by atoms with Crippen LogP contribution in [0.4, 0.5) is 5.69 Å². The SMILES string of the molecule is CN1CCn2c(Cl)ccc2C12CCN(C(=O)c1ccc(N3CCCCC3)cc1)CC2. The molecular formula is C24H31ClN4O. The van der Waals surface area contributed by atoms with E-state index in [1.165, 1.54) is 30.6 Å². The van der Waals surface area contributed by atoms with E-state index in [1.807, 2.05) is 23.1 Å². The number of amides is 1. The van der Waals surface area contributed by atoms with E-state index in [2.05, 4.69) is 39.6 Å². The molecule has 5 nitrogen and oxygen atoms in total. The topological polar surface area (TPSA) is 31.7 Å². The highest BCUT2D eigenvalue weighted by atomic mass is 35.5. The highest BCUT2D eigenvalue weighted by Crippen LogP contribution is 2.42. The number of aromatic nitrogens is 1. The smallest absolute Gasteiger partial charge is 0.253 e. The number of rotatable bonds is 2.